The van der Waals surface area contributed by atoms with Crippen LogP contribution in [0.3, 0.4) is 0 Å². The molecule has 4 heterocycles. The number of unbranched alkanes of at least 4 members (excludes halogenated alkanes) is 8. The lowest BCUT2D eigenvalue weighted by Gasteiger charge is -2.52. The smallest absolute Gasteiger partial charge is 0.338 e. The van der Waals surface area contributed by atoms with Gasteiger partial charge in [0.1, 0.15) is 43.7 Å². The van der Waals surface area contributed by atoms with Crippen molar-refractivity contribution in [3.8, 4) is 0 Å². The highest BCUT2D eigenvalue weighted by Gasteiger charge is 2.61. The minimum Gasteiger partial charge on any atom is -0.463 e. The number of nitrogens with zero attached hydrogens (tertiary/aromatic N) is 1. The van der Waals surface area contributed by atoms with E-state index in [1.54, 1.807) is 25.1 Å². The van der Waals surface area contributed by atoms with Crippen molar-refractivity contribution in [3.63, 3.8) is 0 Å². The molecule has 15 atom stereocenters. The first kappa shape index (κ1) is 69.2. The summed E-state index contributed by atoms with van der Waals surface area (Å²) in [6.45, 7) is 8.69. The average Bonchev–Trinajstić information content (AvgIpc) is 1.74. The van der Waals surface area contributed by atoms with Gasteiger partial charge in [0, 0.05) is 67.7 Å². The molecule has 27 heteroatoms. The number of esters is 8. The van der Waals surface area contributed by atoms with Crippen molar-refractivity contribution in [2.24, 2.45) is 0 Å². The van der Waals surface area contributed by atoms with E-state index >= 15 is 9.59 Å². The molecule has 0 unspecified atom stereocenters. The largest absolute Gasteiger partial charge is 0.463 e. The Morgan fingerprint density at radius 1 is 0.448 bits per heavy atom. The SMILES string of the molecule is CC(=O)OC[C@H]1O[C@@H](O[C@H]2[C@H](O[C@@H]3O[C@@H](C)[C@@H](OC(C)=O)[C@@H](OC(C)=O)[C@@H]3OC(C)=O)[C@@H](N3C(=O)c4ccccc4C3=O)[C@H](OCCCCCCCCCCCSC(C)=O)O[C@@H]2COC(=O)c2ccccc2)[C@H](OC(C)=O)[C@@H](OC(C)=O)[C@H]1OC(C)=O. The maximum Gasteiger partial charge on any atom is 0.338 e. The van der Waals surface area contributed by atoms with Crippen LogP contribution in [-0.2, 0) is 105 Å². The van der Waals surface area contributed by atoms with Crippen molar-refractivity contribution in [2.45, 2.75) is 212 Å². The van der Waals surface area contributed by atoms with Crippen LogP contribution in [0, 0.1) is 0 Å². The van der Waals surface area contributed by atoms with Crippen molar-refractivity contribution in [1.82, 2.24) is 4.90 Å². The van der Waals surface area contributed by atoms with Crippen molar-refractivity contribution in [1.29, 1.82) is 0 Å². The lowest BCUT2D eigenvalue weighted by atomic mass is 9.93. The van der Waals surface area contributed by atoms with Gasteiger partial charge in [-0.05, 0) is 44.0 Å². The monoisotopic (exact) mass is 1240 g/mol. The van der Waals surface area contributed by atoms with Gasteiger partial charge in [-0.3, -0.25) is 52.8 Å². The van der Waals surface area contributed by atoms with Gasteiger partial charge in [-0.1, -0.05) is 87.0 Å². The van der Waals surface area contributed by atoms with Crippen molar-refractivity contribution >= 4 is 76.4 Å². The molecule has 2 amide bonds. The molecular formula is C60H77NO25S. The second kappa shape index (κ2) is 33.5. The number of ether oxygens (including phenoxy) is 14. The van der Waals surface area contributed by atoms with Crippen LogP contribution in [0.25, 0.3) is 0 Å². The molecule has 0 aromatic heterocycles. The molecule has 0 spiro atoms. The number of thioether (sulfide) groups is 1. The van der Waals surface area contributed by atoms with E-state index in [-0.39, 0.29) is 28.4 Å². The number of amides is 2. The molecule has 4 aliphatic heterocycles. The summed E-state index contributed by atoms with van der Waals surface area (Å²) < 4.78 is 85.7. The van der Waals surface area contributed by atoms with E-state index in [4.69, 9.17) is 66.3 Å². The minimum atomic E-state index is -2.05. The number of imide groups is 1. The summed E-state index contributed by atoms with van der Waals surface area (Å²) in [6, 6.07) is 11.9. The van der Waals surface area contributed by atoms with E-state index in [2.05, 4.69) is 0 Å². The fourth-order valence-electron chi connectivity index (χ4n) is 10.6. The maximum absolute atomic E-state index is 15.0. The molecule has 0 bridgehead atoms. The molecule has 0 aliphatic carbocycles. The molecule has 3 saturated heterocycles. The van der Waals surface area contributed by atoms with Gasteiger partial charge < -0.3 is 66.3 Å². The fraction of sp³-hybridized carbons (Fsp3) is 0.617. The summed E-state index contributed by atoms with van der Waals surface area (Å²) in [7, 11) is 0. The number of rotatable bonds is 29. The molecule has 478 valence electrons. The van der Waals surface area contributed by atoms with Crippen molar-refractivity contribution in [2.75, 3.05) is 25.6 Å². The van der Waals surface area contributed by atoms with Crippen LogP contribution < -0.4 is 0 Å². The zero-order valence-electron chi connectivity index (χ0n) is 50.1. The van der Waals surface area contributed by atoms with Crippen molar-refractivity contribution < 1.29 is 119 Å². The number of hydrogen-bond donors (Lipinski definition) is 0. The van der Waals surface area contributed by atoms with Crippen molar-refractivity contribution in [3.05, 3.63) is 71.3 Å². The Labute approximate surface area is 507 Å². The lowest BCUT2D eigenvalue weighted by Crippen LogP contribution is -2.71. The molecular weight excluding hydrogens is 1170 g/mol. The summed E-state index contributed by atoms with van der Waals surface area (Å²) in [5, 5.41) is 0.0951. The Kier molecular flexibility index (Phi) is 26.6. The van der Waals surface area contributed by atoms with Gasteiger partial charge in [-0.15, -0.1) is 0 Å². The molecule has 2 aromatic carbocycles. The highest BCUT2D eigenvalue weighted by Crippen LogP contribution is 2.41. The van der Waals surface area contributed by atoms with Gasteiger partial charge in [0.05, 0.1) is 22.8 Å². The Morgan fingerprint density at radius 3 is 1.40 bits per heavy atom. The second-order valence-corrected chi connectivity index (χ2v) is 22.4. The Morgan fingerprint density at radius 2 is 0.874 bits per heavy atom. The van der Waals surface area contributed by atoms with Crippen LogP contribution in [0.15, 0.2) is 54.6 Å². The zero-order chi connectivity index (χ0) is 63.5. The van der Waals surface area contributed by atoms with E-state index in [1.807, 2.05) is 0 Å². The standard InChI is InChI=1S/C60H77NO25S/c1-32-47(77-34(3)63)51(79-36(5)65)53(81-38(7)67)59(76-32)86-50-46(61-55(70)42-26-20-21-27-43(42)56(61)71)58(73-28-22-15-13-11-10-12-14-16-23-29-87-40(9)69)83-45(31-75-57(72)41-24-18-17-19-25-41)48(50)85-60-54(82-39(8)68)52(80-37(6)66)49(78-35(4)64)44(84-60)30-74-33(2)62/h17-21,24-27,32,44-54,58-60H,10-16,22-23,28-31H2,1-9H3/t32-,44+,45+,46+,47+,48+,49-,50+,51+,52-,53-,54+,58+,59-,60-/m0/s1. The molecule has 3 fully saturated rings. The Bertz CT molecular complexity index is 2710. The highest BCUT2D eigenvalue weighted by atomic mass is 32.2. The van der Waals surface area contributed by atoms with Crippen LogP contribution in [0.5, 0.6) is 0 Å². The predicted molar refractivity (Wildman–Crippen MR) is 299 cm³/mol. The van der Waals surface area contributed by atoms with Gasteiger partial charge in [0.2, 0.25) is 0 Å². The van der Waals surface area contributed by atoms with Gasteiger partial charge in [-0.2, -0.15) is 0 Å². The molecule has 6 rings (SSSR count). The van der Waals surface area contributed by atoms with E-state index in [0.29, 0.717) is 12.8 Å². The van der Waals surface area contributed by atoms with E-state index < -0.39 is 165 Å². The first-order chi connectivity index (χ1) is 41.4. The van der Waals surface area contributed by atoms with E-state index in [9.17, 15) is 43.2 Å². The first-order valence-corrected chi connectivity index (χ1v) is 29.8. The van der Waals surface area contributed by atoms with Crippen LogP contribution in [0.2, 0.25) is 0 Å². The lowest BCUT2D eigenvalue weighted by molar-refractivity contribution is -0.377. The molecule has 2 aromatic rings. The summed E-state index contributed by atoms with van der Waals surface area (Å²) in [5.41, 5.74) is -0.0120. The topological polar surface area (TPSA) is 320 Å². The Hall–Kier alpha value is -6.88. The number of benzene rings is 2. The quantitative estimate of drug-likeness (QED) is 0.0424. The van der Waals surface area contributed by atoms with Crippen LogP contribution >= 0.6 is 11.8 Å². The third-order valence-corrected chi connectivity index (χ3v) is 15.1. The molecule has 26 nitrogen and oxygen atoms in total. The van der Waals surface area contributed by atoms with Crippen LogP contribution in [0.1, 0.15) is 151 Å². The molecule has 0 N–H and O–H groups in total. The van der Waals surface area contributed by atoms with Gasteiger partial charge in [0.15, 0.2) is 60.6 Å². The Balaban J connectivity index is 1.52. The van der Waals surface area contributed by atoms with Gasteiger partial charge in [0.25, 0.3) is 11.8 Å². The summed E-state index contributed by atoms with van der Waals surface area (Å²) >= 11 is 1.32. The van der Waals surface area contributed by atoms with Gasteiger partial charge >= 0.3 is 47.8 Å². The fourth-order valence-corrected chi connectivity index (χ4v) is 11.2. The molecule has 0 radical (unpaired) electrons. The normalized spacial score (nSPS) is 27.6. The van der Waals surface area contributed by atoms with Gasteiger partial charge in [-0.25, -0.2) is 4.79 Å². The first-order valence-electron chi connectivity index (χ1n) is 28.8. The van der Waals surface area contributed by atoms with Crippen LogP contribution in [0.4, 0.5) is 0 Å². The third kappa shape index (κ3) is 19.8. The summed E-state index contributed by atoms with van der Waals surface area (Å²) in [4.78, 5) is 146. The number of fused-ring (bicyclic) bond motifs is 1. The number of carbonyl (C=O) groups is 11. The second-order valence-electron chi connectivity index (χ2n) is 21.1. The number of carbonyl (C=O) groups excluding carboxylic acids is 11. The van der Waals surface area contributed by atoms with E-state index in [1.165, 1.54) is 55.1 Å². The summed E-state index contributed by atoms with van der Waals surface area (Å²) in [5.74, 6) is -8.37. The minimum absolute atomic E-state index is 0.0506. The number of hydrogen-bond acceptors (Lipinski definition) is 26. The highest BCUT2D eigenvalue weighted by molar-refractivity contribution is 8.13. The average molecular weight is 1240 g/mol. The third-order valence-electron chi connectivity index (χ3n) is 14.2. The van der Waals surface area contributed by atoms with E-state index in [0.717, 1.165) is 104 Å². The molecule has 0 saturated carbocycles. The predicted octanol–water partition coefficient (Wildman–Crippen LogP) is 5.43. The summed E-state index contributed by atoms with van der Waals surface area (Å²) in [6.07, 6.45) is -16.8. The molecule has 87 heavy (non-hydrogen) atoms. The van der Waals surface area contributed by atoms with Crippen LogP contribution in [-0.4, -0.2) is 187 Å². The maximum atomic E-state index is 15.0. The zero-order valence-corrected chi connectivity index (χ0v) is 50.9. The molecule has 4 aliphatic rings.